The monoisotopic (exact) mass is 417 g/mol. The van der Waals surface area contributed by atoms with Crippen molar-refractivity contribution in [2.75, 3.05) is 18.4 Å². The number of nitrogens with zero attached hydrogens (tertiary/aromatic N) is 1. The van der Waals surface area contributed by atoms with Gasteiger partial charge in [0, 0.05) is 18.3 Å². The molecule has 1 aliphatic rings. The van der Waals surface area contributed by atoms with Crippen LogP contribution in [-0.2, 0) is 11.3 Å². The second-order valence-corrected chi connectivity index (χ2v) is 8.04. The minimum Gasteiger partial charge on any atom is -0.324 e. The fraction of sp³-hybridized carbons (Fsp3) is 0.269. The molecule has 0 spiro atoms. The molecule has 0 aliphatic carbocycles. The lowest BCUT2D eigenvalue weighted by atomic mass is 9.99. The largest absolute Gasteiger partial charge is 0.324 e. The van der Waals surface area contributed by atoms with Gasteiger partial charge in [0.15, 0.2) is 0 Å². The molecule has 0 aromatic heterocycles. The average Bonchev–Trinajstić information content (AvgIpc) is 2.81. The Bertz CT molecular complexity index is 955. The maximum absolute atomic E-state index is 13.2. The van der Waals surface area contributed by atoms with Crippen LogP contribution in [0.1, 0.15) is 30.0 Å². The summed E-state index contributed by atoms with van der Waals surface area (Å²) in [7, 11) is 0. The van der Waals surface area contributed by atoms with Crippen molar-refractivity contribution in [3.05, 3.63) is 102 Å². The van der Waals surface area contributed by atoms with Crippen LogP contribution in [0.3, 0.4) is 0 Å². The zero-order valence-corrected chi connectivity index (χ0v) is 17.5. The number of nitrogens with one attached hydrogen (secondary N) is 2. The quantitative estimate of drug-likeness (QED) is 0.583. The van der Waals surface area contributed by atoms with Crippen molar-refractivity contribution in [1.82, 2.24) is 10.2 Å². The predicted octanol–water partition coefficient (Wildman–Crippen LogP) is 4.76. The topological polar surface area (TPSA) is 44.4 Å². The Morgan fingerprint density at radius 3 is 2.16 bits per heavy atom. The van der Waals surface area contributed by atoms with E-state index in [2.05, 4.69) is 39.8 Å². The van der Waals surface area contributed by atoms with E-state index >= 15 is 0 Å². The Kier molecular flexibility index (Phi) is 7.07. The van der Waals surface area contributed by atoms with E-state index in [9.17, 15) is 9.18 Å². The fourth-order valence-electron chi connectivity index (χ4n) is 4.05. The van der Waals surface area contributed by atoms with Crippen molar-refractivity contribution >= 4 is 11.6 Å². The number of halogens is 1. The lowest BCUT2D eigenvalue weighted by Crippen LogP contribution is -2.46. The third-order valence-corrected chi connectivity index (χ3v) is 5.75. The van der Waals surface area contributed by atoms with Gasteiger partial charge in [0.25, 0.3) is 0 Å². The van der Waals surface area contributed by atoms with Gasteiger partial charge in [-0.3, -0.25) is 15.0 Å². The first-order valence-electron chi connectivity index (χ1n) is 10.8. The number of anilines is 1. The molecule has 1 aliphatic heterocycles. The second-order valence-electron chi connectivity index (χ2n) is 8.04. The molecule has 2 N–H and O–H groups in total. The summed E-state index contributed by atoms with van der Waals surface area (Å²) >= 11 is 0. The van der Waals surface area contributed by atoms with Gasteiger partial charge < -0.3 is 5.32 Å². The zero-order chi connectivity index (χ0) is 21.5. The van der Waals surface area contributed by atoms with E-state index in [4.69, 9.17) is 0 Å². The third-order valence-electron chi connectivity index (χ3n) is 5.75. The van der Waals surface area contributed by atoms with E-state index in [1.165, 1.54) is 17.7 Å². The standard InChI is InChI=1S/C26H28FN3O/c27-22-11-13-23(14-12-22)29-26(31)25(21-9-5-2-6-10-21)28-24-15-17-30(18-16-24)19-20-7-3-1-4-8-20/h1-14,24-25,28H,15-19H2,(H,29,31)/t25-/m0/s1. The van der Waals surface area contributed by atoms with E-state index in [1.54, 1.807) is 12.1 Å². The molecule has 1 heterocycles. The van der Waals surface area contributed by atoms with Gasteiger partial charge in [0.05, 0.1) is 0 Å². The van der Waals surface area contributed by atoms with Crippen LogP contribution in [0.4, 0.5) is 10.1 Å². The zero-order valence-electron chi connectivity index (χ0n) is 17.5. The minimum absolute atomic E-state index is 0.135. The smallest absolute Gasteiger partial charge is 0.246 e. The SMILES string of the molecule is O=C(Nc1ccc(F)cc1)[C@@H](NC1CCN(Cc2ccccc2)CC1)c1ccccc1. The van der Waals surface area contributed by atoms with Gasteiger partial charge in [0.1, 0.15) is 11.9 Å². The van der Waals surface area contributed by atoms with Crippen molar-refractivity contribution < 1.29 is 9.18 Å². The van der Waals surface area contributed by atoms with Crippen LogP contribution in [-0.4, -0.2) is 29.9 Å². The van der Waals surface area contributed by atoms with Gasteiger partial charge in [-0.2, -0.15) is 0 Å². The Balaban J connectivity index is 1.38. The molecule has 4 rings (SSSR count). The molecule has 3 aromatic carbocycles. The molecular weight excluding hydrogens is 389 g/mol. The Hall–Kier alpha value is -3.02. The first-order chi connectivity index (χ1) is 15.2. The Morgan fingerprint density at radius 1 is 0.903 bits per heavy atom. The van der Waals surface area contributed by atoms with E-state index in [0.717, 1.165) is 38.0 Å². The highest BCUT2D eigenvalue weighted by atomic mass is 19.1. The molecule has 1 atom stereocenters. The van der Waals surface area contributed by atoms with Gasteiger partial charge in [-0.1, -0.05) is 60.7 Å². The summed E-state index contributed by atoms with van der Waals surface area (Å²) in [6.45, 7) is 2.95. The summed E-state index contributed by atoms with van der Waals surface area (Å²) in [6.07, 6.45) is 1.97. The van der Waals surface area contributed by atoms with Crippen LogP contribution in [0.2, 0.25) is 0 Å². The molecule has 1 fully saturated rings. The van der Waals surface area contributed by atoms with Crippen molar-refractivity contribution in [2.45, 2.75) is 31.5 Å². The molecule has 5 heteroatoms. The molecule has 0 radical (unpaired) electrons. The van der Waals surface area contributed by atoms with Crippen LogP contribution in [0, 0.1) is 5.82 Å². The summed E-state index contributed by atoms with van der Waals surface area (Å²) in [4.78, 5) is 15.6. The molecule has 3 aromatic rings. The summed E-state index contributed by atoms with van der Waals surface area (Å²) in [5.74, 6) is -0.456. The van der Waals surface area contributed by atoms with Crippen LogP contribution in [0.5, 0.6) is 0 Å². The molecule has 4 nitrogen and oxygen atoms in total. The first kappa shape index (κ1) is 21.2. The molecule has 1 amide bonds. The molecule has 160 valence electrons. The van der Waals surface area contributed by atoms with Gasteiger partial charge in [-0.25, -0.2) is 4.39 Å². The Labute approximate surface area is 183 Å². The normalized spacial score (nSPS) is 16.0. The number of piperidine rings is 1. The van der Waals surface area contributed by atoms with Gasteiger partial charge >= 0.3 is 0 Å². The third kappa shape index (κ3) is 6.00. The number of hydrogen-bond donors (Lipinski definition) is 2. The summed E-state index contributed by atoms with van der Waals surface area (Å²) in [6, 6.07) is 25.9. The molecular formula is C26H28FN3O. The van der Waals surface area contributed by atoms with Crippen LogP contribution >= 0.6 is 0 Å². The number of carbonyl (C=O) groups excluding carboxylic acids is 1. The van der Waals surface area contributed by atoms with Crippen molar-refractivity contribution in [3.8, 4) is 0 Å². The number of benzene rings is 3. The first-order valence-corrected chi connectivity index (χ1v) is 10.8. The van der Waals surface area contributed by atoms with E-state index in [-0.39, 0.29) is 17.8 Å². The van der Waals surface area contributed by atoms with Gasteiger partial charge in [0.2, 0.25) is 5.91 Å². The highest BCUT2D eigenvalue weighted by Crippen LogP contribution is 2.21. The van der Waals surface area contributed by atoms with E-state index in [0.29, 0.717) is 5.69 Å². The number of hydrogen-bond acceptors (Lipinski definition) is 3. The highest BCUT2D eigenvalue weighted by Gasteiger charge is 2.26. The van der Waals surface area contributed by atoms with E-state index in [1.807, 2.05) is 36.4 Å². The average molecular weight is 418 g/mol. The highest BCUT2D eigenvalue weighted by molar-refractivity contribution is 5.95. The minimum atomic E-state index is -0.461. The lowest BCUT2D eigenvalue weighted by molar-refractivity contribution is -0.118. The van der Waals surface area contributed by atoms with Crippen molar-refractivity contribution in [3.63, 3.8) is 0 Å². The van der Waals surface area contributed by atoms with Crippen LogP contribution in [0.15, 0.2) is 84.9 Å². The molecule has 1 saturated heterocycles. The lowest BCUT2D eigenvalue weighted by Gasteiger charge is -2.34. The number of rotatable bonds is 7. The van der Waals surface area contributed by atoms with Crippen molar-refractivity contribution in [2.24, 2.45) is 0 Å². The molecule has 31 heavy (non-hydrogen) atoms. The van der Waals surface area contributed by atoms with Gasteiger partial charge in [-0.15, -0.1) is 0 Å². The van der Waals surface area contributed by atoms with Crippen molar-refractivity contribution in [1.29, 1.82) is 0 Å². The van der Waals surface area contributed by atoms with Gasteiger partial charge in [-0.05, 0) is 61.3 Å². The fourth-order valence-corrected chi connectivity index (χ4v) is 4.05. The summed E-state index contributed by atoms with van der Waals surface area (Å²) in [5, 5.41) is 6.50. The molecule has 0 bridgehead atoms. The molecule has 0 saturated carbocycles. The molecule has 0 unspecified atom stereocenters. The summed E-state index contributed by atoms with van der Waals surface area (Å²) < 4.78 is 13.2. The number of amides is 1. The predicted molar refractivity (Wildman–Crippen MR) is 122 cm³/mol. The Morgan fingerprint density at radius 2 is 1.52 bits per heavy atom. The van der Waals surface area contributed by atoms with Crippen LogP contribution < -0.4 is 10.6 Å². The maximum Gasteiger partial charge on any atom is 0.246 e. The number of likely N-dealkylation sites (tertiary alicyclic amines) is 1. The summed E-state index contributed by atoms with van der Waals surface area (Å²) in [5.41, 5.74) is 2.84. The van der Waals surface area contributed by atoms with E-state index < -0.39 is 6.04 Å². The second kappa shape index (κ2) is 10.3. The number of carbonyl (C=O) groups is 1. The maximum atomic E-state index is 13.2. The van der Waals surface area contributed by atoms with Crippen LogP contribution in [0.25, 0.3) is 0 Å².